The van der Waals surface area contributed by atoms with Gasteiger partial charge in [0.15, 0.2) is 5.82 Å². The predicted octanol–water partition coefficient (Wildman–Crippen LogP) is 3.16. The number of rotatable bonds is 5. The molecule has 0 saturated carbocycles. The molecule has 0 amide bonds. The van der Waals surface area contributed by atoms with Crippen molar-refractivity contribution >= 4 is 11.8 Å². The maximum Gasteiger partial charge on any atom is 0.247 e. The standard InChI is InChI=1S/C16H25N5/c1-3-7-14(8-4-1)9-10-17-15-13-18-20-16(19-15)21-11-5-2-6-12-21/h7,13H,1-6,8-12H2,(H,17,19,20). The number of piperidine rings is 1. The Morgan fingerprint density at radius 2 is 2.00 bits per heavy atom. The molecule has 1 aromatic heterocycles. The number of aromatic nitrogens is 3. The van der Waals surface area contributed by atoms with Crippen molar-refractivity contribution in [3.63, 3.8) is 0 Å². The minimum absolute atomic E-state index is 0.775. The second kappa shape index (κ2) is 7.38. The highest BCUT2D eigenvalue weighted by Gasteiger charge is 2.14. The van der Waals surface area contributed by atoms with E-state index in [4.69, 9.17) is 0 Å². The molecule has 5 heteroatoms. The zero-order valence-electron chi connectivity index (χ0n) is 12.7. The summed E-state index contributed by atoms with van der Waals surface area (Å²) in [4.78, 5) is 6.84. The third kappa shape index (κ3) is 4.16. The predicted molar refractivity (Wildman–Crippen MR) is 85.5 cm³/mol. The molecule has 21 heavy (non-hydrogen) atoms. The van der Waals surface area contributed by atoms with Gasteiger partial charge in [0.2, 0.25) is 5.95 Å². The van der Waals surface area contributed by atoms with Crippen molar-refractivity contribution in [2.24, 2.45) is 0 Å². The molecule has 0 aromatic carbocycles. The summed E-state index contributed by atoms with van der Waals surface area (Å²) >= 11 is 0. The van der Waals surface area contributed by atoms with Crippen LogP contribution in [0.25, 0.3) is 0 Å². The van der Waals surface area contributed by atoms with E-state index in [1.807, 2.05) is 0 Å². The van der Waals surface area contributed by atoms with Crippen LogP contribution in [0.15, 0.2) is 17.8 Å². The lowest BCUT2D eigenvalue weighted by Gasteiger charge is -2.26. The van der Waals surface area contributed by atoms with Crippen molar-refractivity contribution in [3.8, 4) is 0 Å². The Bertz CT molecular complexity index is 479. The molecule has 0 spiro atoms. The first-order valence-electron chi connectivity index (χ1n) is 8.28. The Morgan fingerprint density at radius 3 is 2.81 bits per heavy atom. The van der Waals surface area contributed by atoms with Gasteiger partial charge in [-0.3, -0.25) is 0 Å². The number of nitrogens with one attached hydrogen (secondary N) is 1. The highest BCUT2D eigenvalue weighted by molar-refractivity contribution is 5.39. The van der Waals surface area contributed by atoms with Crippen LogP contribution in [0.4, 0.5) is 11.8 Å². The maximum absolute atomic E-state index is 4.60. The first kappa shape index (κ1) is 14.3. The average molecular weight is 287 g/mol. The molecule has 2 aliphatic rings. The number of anilines is 2. The first-order chi connectivity index (χ1) is 10.4. The number of hydrogen-bond donors (Lipinski definition) is 1. The Balaban J connectivity index is 1.52. The van der Waals surface area contributed by atoms with Crippen molar-refractivity contribution < 1.29 is 0 Å². The molecule has 114 valence electrons. The van der Waals surface area contributed by atoms with Gasteiger partial charge in [-0.25, -0.2) is 0 Å². The molecule has 1 saturated heterocycles. The van der Waals surface area contributed by atoms with Gasteiger partial charge in [-0.2, -0.15) is 10.1 Å². The zero-order valence-corrected chi connectivity index (χ0v) is 12.7. The van der Waals surface area contributed by atoms with Gasteiger partial charge in [0.1, 0.15) is 0 Å². The van der Waals surface area contributed by atoms with Gasteiger partial charge in [0.25, 0.3) is 0 Å². The largest absolute Gasteiger partial charge is 0.368 e. The van der Waals surface area contributed by atoms with Crippen LogP contribution in [0.5, 0.6) is 0 Å². The molecule has 1 aromatic rings. The van der Waals surface area contributed by atoms with E-state index in [0.29, 0.717) is 0 Å². The zero-order chi connectivity index (χ0) is 14.3. The number of hydrogen-bond acceptors (Lipinski definition) is 5. The lowest BCUT2D eigenvalue weighted by atomic mass is 9.97. The Hall–Kier alpha value is -1.65. The van der Waals surface area contributed by atoms with Crippen LogP contribution in [-0.4, -0.2) is 34.8 Å². The SMILES string of the molecule is C1=C(CCNc2cnnc(N3CCCCC3)n2)CCCC1. The van der Waals surface area contributed by atoms with Crippen molar-refractivity contribution in [2.75, 3.05) is 29.9 Å². The molecule has 3 rings (SSSR count). The molecule has 0 unspecified atom stereocenters. The molecular weight excluding hydrogens is 262 g/mol. The molecule has 2 heterocycles. The fraction of sp³-hybridized carbons (Fsp3) is 0.688. The van der Waals surface area contributed by atoms with Crippen LogP contribution < -0.4 is 10.2 Å². The van der Waals surface area contributed by atoms with Crippen LogP contribution in [0.1, 0.15) is 51.4 Å². The topological polar surface area (TPSA) is 53.9 Å². The average Bonchev–Trinajstić information content (AvgIpc) is 2.57. The van der Waals surface area contributed by atoms with E-state index in [2.05, 4.69) is 31.5 Å². The van der Waals surface area contributed by atoms with Gasteiger partial charge in [0, 0.05) is 19.6 Å². The molecule has 1 N–H and O–H groups in total. The van der Waals surface area contributed by atoms with E-state index >= 15 is 0 Å². The minimum atomic E-state index is 0.775. The van der Waals surface area contributed by atoms with Crippen LogP contribution in [0, 0.1) is 0 Å². The van der Waals surface area contributed by atoms with E-state index in [1.165, 1.54) is 44.9 Å². The highest BCUT2D eigenvalue weighted by Crippen LogP contribution is 2.20. The summed E-state index contributed by atoms with van der Waals surface area (Å²) in [5, 5.41) is 11.7. The van der Waals surface area contributed by atoms with Crippen molar-refractivity contribution in [1.82, 2.24) is 15.2 Å². The quantitative estimate of drug-likeness (QED) is 0.843. The first-order valence-corrected chi connectivity index (χ1v) is 8.28. The maximum atomic E-state index is 4.60. The second-order valence-electron chi connectivity index (χ2n) is 5.97. The Labute approximate surface area is 126 Å². The third-order valence-electron chi connectivity index (χ3n) is 4.32. The molecule has 0 atom stereocenters. The smallest absolute Gasteiger partial charge is 0.247 e. The van der Waals surface area contributed by atoms with Crippen molar-refractivity contribution in [1.29, 1.82) is 0 Å². The molecule has 1 aliphatic heterocycles. The van der Waals surface area contributed by atoms with Crippen LogP contribution in [0.2, 0.25) is 0 Å². The molecule has 5 nitrogen and oxygen atoms in total. The second-order valence-corrected chi connectivity index (χ2v) is 5.97. The van der Waals surface area contributed by atoms with Crippen LogP contribution in [0.3, 0.4) is 0 Å². The summed E-state index contributed by atoms with van der Waals surface area (Å²) < 4.78 is 0. The molecule has 0 bridgehead atoms. The van der Waals surface area contributed by atoms with Crippen molar-refractivity contribution in [3.05, 3.63) is 17.8 Å². The fourth-order valence-electron chi connectivity index (χ4n) is 3.09. The lowest BCUT2D eigenvalue weighted by Crippen LogP contribution is -2.31. The van der Waals surface area contributed by atoms with Gasteiger partial charge < -0.3 is 10.2 Å². The molecule has 0 radical (unpaired) electrons. The van der Waals surface area contributed by atoms with Crippen LogP contribution >= 0.6 is 0 Å². The van der Waals surface area contributed by atoms with E-state index in [-0.39, 0.29) is 0 Å². The normalized spacial score (nSPS) is 19.2. The molecule has 1 aliphatic carbocycles. The van der Waals surface area contributed by atoms with Gasteiger partial charge in [-0.1, -0.05) is 11.6 Å². The highest BCUT2D eigenvalue weighted by atomic mass is 15.3. The summed E-state index contributed by atoms with van der Waals surface area (Å²) in [6, 6.07) is 0. The summed E-state index contributed by atoms with van der Waals surface area (Å²) in [7, 11) is 0. The van der Waals surface area contributed by atoms with Crippen molar-refractivity contribution in [2.45, 2.75) is 51.4 Å². The molecular formula is C16H25N5. The van der Waals surface area contributed by atoms with Gasteiger partial charge in [-0.05, 0) is 51.4 Å². The Kier molecular flexibility index (Phi) is 5.03. The summed E-state index contributed by atoms with van der Waals surface area (Å²) in [6.07, 6.45) is 14.2. The molecule has 1 fully saturated rings. The Morgan fingerprint density at radius 1 is 1.10 bits per heavy atom. The number of allylic oxidation sites excluding steroid dienone is 1. The monoisotopic (exact) mass is 287 g/mol. The van der Waals surface area contributed by atoms with Gasteiger partial charge in [-0.15, -0.1) is 5.10 Å². The van der Waals surface area contributed by atoms with E-state index in [0.717, 1.165) is 37.8 Å². The number of nitrogens with zero attached hydrogens (tertiary/aromatic N) is 4. The van der Waals surface area contributed by atoms with Gasteiger partial charge in [0.05, 0.1) is 6.20 Å². The summed E-state index contributed by atoms with van der Waals surface area (Å²) in [6.45, 7) is 3.04. The van der Waals surface area contributed by atoms with E-state index in [1.54, 1.807) is 11.8 Å². The third-order valence-corrected chi connectivity index (χ3v) is 4.32. The fourth-order valence-corrected chi connectivity index (χ4v) is 3.09. The van der Waals surface area contributed by atoms with Crippen LogP contribution in [-0.2, 0) is 0 Å². The summed E-state index contributed by atoms with van der Waals surface area (Å²) in [5.74, 6) is 1.62. The van der Waals surface area contributed by atoms with E-state index in [9.17, 15) is 0 Å². The summed E-state index contributed by atoms with van der Waals surface area (Å²) in [5.41, 5.74) is 1.59. The van der Waals surface area contributed by atoms with Gasteiger partial charge >= 0.3 is 0 Å². The minimum Gasteiger partial charge on any atom is -0.368 e. The van der Waals surface area contributed by atoms with E-state index < -0.39 is 0 Å². The lowest BCUT2D eigenvalue weighted by molar-refractivity contribution is 0.565.